The minimum atomic E-state index is -0.157. The van der Waals surface area contributed by atoms with Crippen LogP contribution in [0.15, 0.2) is 40.9 Å². The first-order valence-corrected chi connectivity index (χ1v) is 8.19. The highest BCUT2D eigenvalue weighted by molar-refractivity contribution is 9.10. The number of ether oxygens (including phenoxy) is 2. The summed E-state index contributed by atoms with van der Waals surface area (Å²) in [5, 5.41) is 2.93. The lowest BCUT2D eigenvalue weighted by Gasteiger charge is -2.13. The summed E-state index contributed by atoms with van der Waals surface area (Å²) in [5.41, 5.74) is 2.77. The molecule has 4 nitrogen and oxygen atoms in total. The molecule has 0 radical (unpaired) electrons. The highest BCUT2D eigenvalue weighted by Gasteiger charge is 2.15. The zero-order chi connectivity index (χ0) is 16.8. The maximum Gasteiger partial charge on any atom is 0.251 e. The van der Waals surface area contributed by atoms with E-state index in [-0.39, 0.29) is 5.91 Å². The first-order valence-electron chi connectivity index (χ1n) is 7.39. The molecule has 5 heteroatoms. The van der Waals surface area contributed by atoms with Gasteiger partial charge in [-0.25, -0.2) is 0 Å². The molecule has 0 aromatic heterocycles. The van der Waals surface area contributed by atoms with E-state index in [1.54, 1.807) is 19.2 Å². The van der Waals surface area contributed by atoms with E-state index in [4.69, 9.17) is 9.47 Å². The van der Waals surface area contributed by atoms with Crippen LogP contribution in [0.4, 0.5) is 0 Å². The van der Waals surface area contributed by atoms with E-state index in [2.05, 4.69) is 21.2 Å². The van der Waals surface area contributed by atoms with Crippen molar-refractivity contribution >= 4 is 21.8 Å². The summed E-state index contributed by atoms with van der Waals surface area (Å²) in [6.07, 6.45) is 0. The van der Waals surface area contributed by atoms with Crippen LogP contribution < -0.4 is 14.8 Å². The highest BCUT2D eigenvalue weighted by atomic mass is 79.9. The predicted octanol–water partition coefficient (Wildman–Crippen LogP) is 4.09. The van der Waals surface area contributed by atoms with Gasteiger partial charge in [-0.1, -0.05) is 24.3 Å². The molecule has 0 bridgehead atoms. The summed E-state index contributed by atoms with van der Waals surface area (Å²) in [6, 6.07) is 11.4. The number of methoxy groups -OCH3 is 1. The molecule has 2 aromatic rings. The van der Waals surface area contributed by atoms with E-state index in [1.165, 1.54) is 0 Å². The van der Waals surface area contributed by atoms with Crippen LogP contribution in [0.1, 0.15) is 28.4 Å². The molecule has 23 heavy (non-hydrogen) atoms. The van der Waals surface area contributed by atoms with Crippen LogP contribution in [-0.2, 0) is 6.54 Å². The van der Waals surface area contributed by atoms with Crippen molar-refractivity contribution in [3.05, 3.63) is 57.6 Å². The topological polar surface area (TPSA) is 47.6 Å². The zero-order valence-electron chi connectivity index (χ0n) is 13.5. The molecule has 2 rings (SSSR count). The van der Waals surface area contributed by atoms with Crippen LogP contribution >= 0.6 is 15.9 Å². The van der Waals surface area contributed by atoms with Gasteiger partial charge in [-0.3, -0.25) is 4.79 Å². The van der Waals surface area contributed by atoms with Crippen LogP contribution in [0.25, 0.3) is 0 Å². The lowest BCUT2D eigenvalue weighted by atomic mass is 10.1. The van der Waals surface area contributed by atoms with E-state index >= 15 is 0 Å². The van der Waals surface area contributed by atoms with Crippen LogP contribution in [0.3, 0.4) is 0 Å². The number of aryl methyl sites for hydroxylation is 1. The quantitative estimate of drug-likeness (QED) is 0.824. The molecule has 0 aliphatic heterocycles. The van der Waals surface area contributed by atoms with E-state index in [1.807, 2.05) is 38.1 Å². The second-order valence-electron chi connectivity index (χ2n) is 5.03. The van der Waals surface area contributed by atoms with Gasteiger partial charge in [0, 0.05) is 12.1 Å². The van der Waals surface area contributed by atoms with Crippen molar-refractivity contribution < 1.29 is 14.3 Å². The van der Waals surface area contributed by atoms with E-state index < -0.39 is 0 Å². The SMILES string of the molecule is CCOc1c(Br)cc(C(=O)NCc2ccccc2C)cc1OC. The molecule has 0 spiro atoms. The van der Waals surface area contributed by atoms with Gasteiger partial charge in [0.25, 0.3) is 5.91 Å². The minimum Gasteiger partial charge on any atom is -0.493 e. The minimum absolute atomic E-state index is 0.157. The van der Waals surface area contributed by atoms with Crippen LogP contribution in [0.5, 0.6) is 11.5 Å². The molecule has 0 heterocycles. The second-order valence-corrected chi connectivity index (χ2v) is 5.89. The molecule has 0 saturated heterocycles. The zero-order valence-corrected chi connectivity index (χ0v) is 15.1. The summed E-state index contributed by atoms with van der Waals surface area (Å²) < 4.78 is 11.5. The van der Waals surface area contributed by atoms with Crippen LogP contribution in [0, 0.1) is 6.92 Å². The Labute approximate surface area is 144 Å². The van der Waals surface area contributed by atoms with E-state index in [0.29, 0.717) is 34.7 Å². The Hall–Kier alpha value is -2.01. The Kier molecular flexibility index (Phi) is 6.04. The first kappa shape index (κ1) is 17.3. The molecule has 122 valence electrons. The fraction of sp³-hybridized carbons (Fsp3) is 0.278. The average molecular weight is 378 g/mol. The summed E-state index contributed by atoms with van der Waals surface area (Å²) in [7, 11) is 1.55. The number of amides is 1. The van der Waals surface area contributed by atoms with Crippen LogP contribution in [-0.4, -0.2) is 19.6 Å². The number of benzene rings is 2. The van der Waals surface area contributed by atoms with Crippen molar-refractivity contribution in [3.8, 4) is 11.5 Å². The third-order valence-corrected chi connectivity index (χ3v) is 4.07. The van der Waals surface area contributed by atoms with Gasteiger partial charge in [-0.2, -0.15) is 0 Å². The number of hydrogen-bond acceptors (Lipinski definition) is 3. The van der Waals surface area contributed by atoms with Gasteiger partial charge in [0.05, 0.1) is 18.2 Å². The number of rotatable bonds is 6. The monoisotopic (exact) mass is 377 g/mol. The van der Waals surface area contributed by atoms with E-state index in [9.17, 15) is 4.79 Å². The number of carbonyl (C=O) groups excluding carboxylic acids is 1. The second kappa shape index (κ2) is 8.02. The lowest BCUT2D eigenvalue weighted by molar-refractivity contribution is 0.0950. The Morgan fingerprint density at radius 1 is 1.26 bits per heavy atom. The molecule has 0 unspecified atom stereocenters. The number of halogens is 1. The summed E-state index contributed by atoms with van der Waals surface area (Å²) in [6.45, 7) is 4.93. The normalized spacial score (nSPS) is 10.3. The highest BCUT2D eigenvalue weighted by Crippen LogP contribution is 2.36. The number of hydrogen-bond donors (Lipinski definition) is 1. The summed E-state index contributed by atoms with van der Waals surface area (Å²) in [5.74, 6) is 0.975. The molecular weight excluding hydrogens is 358 g/mol. The molecule has 0 aliphatic carbocycles. The maximum absolute atomic E-state index is 12.4. The van der Waals surface area contributed by atoms with Crippen molar-refractivity contribution in [1.82, 2.24) is 5.32 Å². The molecule has 0 fully saturated rings. The molecule has 0 atom stereocenters. The standard InChI is InChI=1S/C18H20BrNO3/c1-4-23-17-15(19)9-14(10-16(17)22-3)18(21)20-11-13-8-6-5-7-12(13)2/h5-10H,4,11H2,1-3H3,(H,20,21). The predicted molar refractivity (Wildman–Crippen MR) is 94.2 cm³/mol. The third kappa shape index (κ3) is 4.26. The van der Waals surface area contributed by atoms with Gasteiger partial charge in [-0.05, 0) is 53.0 Å². The van der Waals surface area contributed by atoms with E-state index in [0.717, 1.165) is 11.1 Å². The average Bonchev–Trinajstić information content (AvgIpc) is 2.55. The van der Waals surface area contributed by atoms with Crippen molar-refractivity contribution in [1.29, 1.82) is 0 Å². The Bertz CT molecular complexity index is 701. The molecule has 0 saturated carbocycles. The van der Waals surface area contributed by atoms with Crippen molar-refractivity contribution in [2.45, 2.75) is 20.4 Å². The molecular formula is C18H20BrNO3. The van der Waals surface area contributed by atoms with Crippen LogP contribution in [0.2, 0.25) is 0 Å². The van der Waals surface area contributed by atoms with Crippen molar-refractivity contribution in [2.24, 2.45) is 0 Å². The van der Waals surface area contributed by atoms with Gasteiger partial charge in [-0.15, -0.1) is 0 Å². The summed E-state index contributed by atoms with van der Waals surface area (Å²) in [4.78, 5) is 12.4. The smallest absolute Gasteiger partial charge is 0.251 e. The van der Waals surface area contributed by atoms with Gasteiger partial charge in [0.15, 0.2) is 11.5 Å². The van der Waals surface area contributed by atoms with Gasteiger partial charge >= 0.3 is 0 Å². The Morgan fingerprint density at radius 2 is 2.00 bits per heavy atom. The van der Waals surface area contributed by atoms with Gasteiger partial charge < -0.3 is 14.8 Å². The van der Waals surface area contributed by atoms with Gasteiger partial charge in [0.2, 0.25) is 0 Å². The molecule has 1 N–H and O–H groups in total. The fourth-order valence-electron chi connectivity index (χ4n) is 2.22. The lowest BCUT2D eigenvalue weighted by Crippen LogP contribution is -2.23. The molecule has 2 aromatic carbocycles. The third-order valence-electron chi connectivity index (χ3n) is 3.48. The maximum atomic E-state index is 12.4. The van der Waals surface area contributed by atoms with Crippen molar-refractivity contribution in [3.63, 3.8) is 0 Å². The van der Waals surface area contributed by atoms with Crippen molar-refractivity contribution in [2.75, 3.05) is 13.7 Å². The molecule has 0 aliphatic rings. The largest absolute Gasteiger partial charge is 0.493 e. The number of nitrogens with one attached hydrogen (secondary N) is 1. The Morgan fingerprint density at radius 3 is 2.65 bits per heavy atom. The number of carbonyl (C=O) groups is 1. The Balaban J connectivity index is 2.16. The first-order chi connectivity index (χ1) is 11.1. The van der Waals surface area contributed by atoms with Gasteiger partial charge in [0.1, 0.15) is 0 Å². The molecule has 1 amide bonds. The summed E-state index contributed by atoms with van der Waals surface area (Å²) >= 11 is 3.43. The fourth-order valence-corrected chi connectivity index (χ4v) is 2.78.